The van der Waals surface area contributed by atoms with E-state index in [0.717, 1.165) is 6.54 Å². The van der Waals surface area contributed by atoms with Crippen LogP contribution in [-0.2, 0) is 11.3 Å². The molecule has 0 bridgehead atoms. The summed E-state index contributed by atoms with van der Waals surface area (Å²) in [5.41, 5.74) is 0.600. The van der Waals surface area contributed by atoms with Gasteiger partial charge in [0.15, 0.2) is 12.4 Å². The molecule has 3 nitrogen and oxygen atoms in total. The molecule has 10 heteroatoms. The van der Waals surface area contributed by atoms with Crippen LogP contribution in [0.5, 0.6) is 0 Å². The van der Waals surface area contributed by atoms with E-state index in [-0.39, 0.29) is 12.1 Å². The Hall–Kier alpha value is -1.37. The van der Waals surface area contributed by atoms with Gasteiger partial charge in [-0.3, -0.25) is 0 Å². The zero-order valence-corrected chi connectivity index (χ0v) is 12.5. The van der Waals surface area contributed by atoms with Crippen LogP contribution in [0.15, 0.2) is 24.5 Å². The maximum absolute atomic E-state index is 11.4. The van der Waals surface area contributed by atoms with Gasteiger partial charge in [0.2, 0.25) is 0 Å². The Balaban J connectivity index is 0.000000486. The van der Waals surface area contributed by atoms with E-state index in [1.165, 1.54) is 0 Å². The third kappa shape index (κ3) is 14.8. The van der Waals surface area contributed by atoms with Crippen molar-refractivity contribution in [3.05, 3.63) is 30.1 Å². The van der Waals surface area contributed by atoms with Crippen molar-refractivity contribution in [2.24, 2.45) is 0 Å². The zero-order chi connectivity index (χ0) is 17.0. The minimum atomic E-state index is -10.7. The van der Waals surface area contributed by atoms with Crippen LogP contribution in [0.4, 0.5) is 25.2 Å². The molecule has 0 fully saturated rings. The number of carbonyl (C=O) groups excluding carboxylic acids is 1. The number of hydrogen-bond acceptors (Lipinski definition) is 2. The number of rotatable bonds is 3. The van der Waals surface area contributed by atoms with Crippen molar-refractivity contribution in [2.75, 3.05) is 0 Å². The van der Waals surface area contributed by atoms with Crippen LogP contribution in [0.3, 0.4) is 0 Å². The third-order valence-corrected chi connectivity index (χ3v) is 1.83. The molecule has 0 aliphatic heterocycles. The molecule has 1 heterocycles. The van der Waals surface area contributed by atoms with Crippen LogP contribution in [0.1, 0.15) is 31.1 Å². The van der Waals surface area contributed by atoms with Gasteiger partial charge in [0, 0.05) is 12.1 Å². The van der Waals surface area contributed by atoms with E-state index in [1.807, 2.05) is 37.7 Å². The quantitative estimate of drug-likeness (QED) is 0.338. The van der Waals surface area contributed by atoms with Crippen LogP contribution < -0.4 is 4.57 Å². The van der Waals surface area contributed by atoms with E-state index in [9.17, 15) is 30.0 Å². The topological polar surface area (TPSA) is 30.2 Å². The second-order valence-corrected chi connectivity index (χ2v) is 6.25. The normalized spacial score (nSPS) is 14.6. The number of nitrogens with zero attached hydrogens (tertiary/aromatic N) is 1. The molecule has 1 aromatic rings. The van der Waals surface area contributed by atoms with E-state index >= 15 is 0 Å². The Morgan fingerprint density at radius 3 is 1.81 bits per heavy atom. The number of pyridine rings is 1. The van der Waals surface area contributed by atoms with E-state index in [2.05, 4.69) is 0 Å². The Labute approximate surface area is 117 Å². The Kier molecular flexibility index (Phi) is 5.41. The van der Waals surface area contributed by atoms with Gasteiger partial charge in [0.25, 0.3) is 0 Å². The fraction of sp³-hybridized carbons (Fsp3) is 0.455. The van der Waals surface area contributed by atoms with Gasteiger partial charge in [0.1, 0.15) is 6.54 Å². The molecule has 0 atom stereocenters. The van der Waals surface area contributed by atoms with Gasteiger partial charge in [-0.05, 0) is 20.8 Å². The molecule has 0 spiro atoms. The van der Waals surface area contributed by atoms with Crippen LogP contribution >= 0.6 is 7.81 Å². The van der Waals surface area contributed by atoms with Crippen LogP contribution in [-0.4, -0.2) is 12.1 Å². The van der Waals surface area contributed by atoms with E-state index in [0.29, 0.717) is 5.56 Å². The first-order valence-electron chi connectivity index (χ1n) is 5.85. The molecule has 0 N–H and O–H groups in total. The Morgan fingerprint density at radius 2 is 1.52 bits per heavy atom. The van der Waals surface area contributed by atoms with E-state index in [4.69, 9.17) is 4.74 Å². The SMILES string of the molecule is CC[n+]1ccc(C(=O)OC(C)C)cc1.F[P-](F)(F)(F)(F)F. The molecule has 0 aromatic carbocycles. The van der Waals surface area contributed by atoms with Crippen molar-refractivity contribution in [1.29, 1.82) is 0 Å². The fourth-order valence-corrected chi connectivity index (χ4v) is 1.09. The first-order valence-corrected chi connectivity index (χ1v) is 7.87. The van der Waals surface area contributed by atoms with Crippen LogP contribution in [0, 0.1) is 0 Å². The number of halogens is 6. The Morgan fingerprint density at radius 1 is 1.14 bits per heavy atom. The number of ether oxygens (including phenoxy) is 1. The third-order valence-electron chi connectivity index (χ3n) is 1.83. The predicted molar refractivity (Wildman–Crippen MR) is 66.4 cm³/mol. The van der Waals surface area contributed by atoms with Gasteiger partial charge in [-0.2, -0.15) is 0 Å². The van der Waals surface area contributed by atoms with Crippen molar-refractivity contribution < 1.29 is 39.3 Å². The summed E-state index contributed by atoms with van der Waals surface area (Å²) < 4.78 is 66.2. The molecule has 0 radical (unpaired) electrons. The monoisotopic (exact) mass is 339 g/mol. The predicted octanol–water partition coefficient (Wildman–Crippen LogP) is 4.94. The molecule has 0 saturated carbocycles. The molecule has 0 amide bonds. The molecular weight excluding hydrogens is 323 g/mol. The summed E-state index contributed by atoms with van der Waals surface area (Å²) in [7, 11) is -10.7. The average molecular weight is 339 g/mol. The molecule has 21 heavy (non-hydrogen) atoms. The van der Waals surface area contributed by atoms with Crippen molar-refractivity contribution in [2.45, 2.75) is 33.4 Å². The number of aryl methyl sites for hydroxylation is 1. The summed E-state index contributed by atoms with van der Waals surface area (Å²) in [6.45, 7) is 6.63. The van der Waals surface area contributed by atoms with Crippen molar-refractivity contribution in [3.63, 3.8) is 0 Å². The molecule has 0 aliphatic carbocycles. The van der Waals surface area contributed by atoms with Crippen molar-refractivity contribution in [3.8, 4) is 0 Å². The molecular formula is C11H16F6NO2P. The van der Waals surface area contributed by atoms with Gasteiger partial charge in [-0.15, -0.1) is 0 Å². The molecule has 0 saturated heterocycles. The summed E-state index contributed by atoms with van der Waals surface area (Å²) in [6.07, 6.45) is 3.68. The fourth-order valence-electron chi connectivity index (χ4n) is 1.09. The number of hydrogen-bond donors (Lipinski definition) is 0. The van der Waals surface area contributed by atoms with Crippen LogP contribution in [0.2, 0.25) is 0 Å². The molecule has 1 rings (SSSR count). The summed E-state index contributed by atoms with van der Waals surface area (Å²) in [4.78, 5) is 11.4. The molecule has 0 unspecified atom stereocenters. The van der Waals surface area contributed by atoms with Gasteiger partial charge < -0.3 is 4.74 Å². The average Bonchev–Trinajstić information content (AvgIpc) is 2.24. The number of esters is 1. The van der Waals surface area contributed by atoms with E-state index in [1.54, 1.807) is 12.1 Å². The minimum absolute atomic E-state index is 0.0685. The first kappa shape index (κ1) is 19.6. The van der Waals surface area contributed by atoms with Gasteiger partial charge in [-0.1, -0.05) is 0 Å². The van der Waals surface area contributed by atoms with Gasteiger partial charge in [-0.25, -0.2) is 9.36 Å². The van der Waals surface area contributed by atoms with E-state index < -0.39 is 7.81 Å². The summed E-state index contributed by atoms with van der Waals surface area (Å²) in [6, 6.07) is 3.54. The van der Waals surface area contributed by atoms with Crippen molar-refractivity contribution >= 4 is 13.8 Å². The summed E-state index contributed by atoms with van der Waals surface area (Å²) in [5, 5.41) is 0. The van der Waals surface area contributed by atoms with Gasteiger partial charge in [0.05, 0.1) is 11.7 Å². The van der Waals surface area contributed by atoms with Crippen LogP contribution in [0.25, 0.3) is 0 Å². The second kappa shape index (κ2) is 5.79. The second-order valence-electron chi connectivity index (χ2n) is 4.33. The number of aromatic nitrogens is 1. The molecule has 0 aliphatic rings. The van der Waals surface area contributed by atoms with Gasteiger partial charge >= 0.3 is 39.0 Å². The number of carbonyl (C=O) groups is 1. The Bertz CT molecular complexity index is 471. The summed E-state index contributed by atoms with van der Waals surface area (Å²) >= 11 is 0. The standard InChI is InChI=1S/C11H16NO2.F6P/c1-4-12-7-5-10(6-8-12)11(13)14-9(2)3;1-7(2,3,4,5)6/h5-9H,4H2,1-3H3;/q+1;-1. The zero-order valence-electron chi connectivity index (χ0n) is 11.6. The molecule has 124 valence electrons. The first-order chi connectivity index (χ1) is 9.08. The summed E-state index contributed by atoms with van der Waals surface area (Å²) in [5.74, 6) is -0.261. The van der Waals surface area contributed by atoms with Crippen molar-refractivity contribution in [1.82, 2.24) is 0 Å². The molecule has 1 aromatic heterocycles. The maximum atomic E-state index is 11.4.